The fraction of sp³-hybridized carbons (Fsp3) is 0.350. The predicted octanol–water partition coefficient (Wildman–Crippen LogP) is 3.90. The summed E-state index contributed by atoms with van der Waals surface area (Å²) in [6, 6.07) is 15.4. The molecule has 0 saturated heterocycles. The van der Waals surface area contributed by atoms with Gasteiger partial charge < -0.3 is 14.8 Å². The lowest BCUT2D eigenvalue weighted by atomic mass is 10.0. The van der Waals surface area contributed by atoms with Crippen LogP contribution in [-0.4, -0.2) is 19.1 Å². The number of amides is 1. The van der Waals surface area contributed by atoms with Gasteiger partial charge >= 0.3 is 0 Å². The largest absolute Gasteiger partial charge is 0.497 e. The van der Waals surface area contributed by atoms with Crippen LogP contribution in [0.25, 0.3) is 0 Å². The highest BCUT2D eigenvalue weighted by atomic mass is 16.5. The zero-order valence-corrected chi connectivity index (χ0v) is 14.7. The summed E-state index contributed by atoms with van der Waals surface area (Å²) >= 11 is 0. The van der Waals surface area contributed by atoms with Crippen LogP contribution in [0.15, 0.2) is 48.5 Å². The zero-order valence-electron chi connectivity index (χ0n) is 14.7. The van der Waals surface area contributed by atoms with Crippen LogP contribution in [0.5, 0.6) is 11.5 Å². The quantitative estimate of drug-likeness (QED) is 0.839. The Kier molecular flexibility index (Phi) is 6.24. The highest BCUT2D eigenvalue weighted by Gasteiger charge is 2.18. The molecule has 2 atom stereocenters. The number of ether oxygens (including phenoxy) is 2. The molecule has 0 aromatic heterocycles. The number of benzene rings is 2. The first-order valence-electron chi connectivity index (χ1n) is 8.23. The van der Waals surface area contributed by atoms with Crippen molar-refractivity contribution in [1.82, 2.24) is 5.32 Å². The van der Waals surface area contributed by atoms with E-state index >= 15 is 0 Å². The van der Waals surface area contributed by atoms with Crippen molar-refractivity contribution < 1.29 is 14.3 Å². The minimum absolute atomic E-state index is 0.0697. The van der Waals surface area contributed by atoms with Gasteiger partial charge in [-0.3, -0.25) is 4.79 Å². The Morgan fingerprint density at radius 1 is 1.08 bits per heavy atom. The van der Waals surface area contributed by atoms with E-state index in [9.17, 15) is 4.79 Å². The van der Waals surface area contributed by atoms with E-state index in [2.05, 4.69) is 36.5 Å². The normalized spacial score (nSPS) is 13.0. The van der Waals surface area contributed by atoms with E-state index in [1.54, 1.807) is 26.2 Å². The number of carbonyl (C=O) groups excluding carboxylic acids is 1. The highest BCUT2D eigenvalue weighted by molar-refractivity contribution is 5.81. The van der Waals surface area contributed by atoms with Crippen LogP contribution >= 0.6 is 0 Å². The highest BCUT2D eigenvalue weighted by Crippen LogP contribution is 2.20. The second-order valence-electron chi connectivity index (χ2n) is 5.76. The molecule has 0 aliphatic carbocycles. The van der Waals surface area contributed by atoms with Crippen LogP contribution in [0.3, 0.4) is 0 Å². The van der Waals surface area contributed by atoms with Crippen LogP contribution in [-0.2, 0) is 11.2 Å². The van der Waals surface area contributed by atoms with Gasteiger partial charge in [-0.15, -0.1) is 0 Å². The maximum absolute atomic E-state index is 12.3. The van der Waals surface area contributed by atoms with Crippen molar-refractivity contribution >= 4 is 5.91 Å². The maximum atomic E-state index is 12.3. The van der Waals surface area contributed by atoms with Crippen LogP contribution in [0.4, 0.5) is 0 Å². The van der Waals surface area contributed by atoms with Gasteiger partial charge in [-0.25, -0.2) is 0 Å². The third-order valence-electron chi connectivity index (χ3n) is 3.97. The molecule has 0 spiro atoms. The molecule has 0 radical (unpaired) electrons. The van der Waals surface area contributed by atoms with Crippen LogP contribution in [0.1, 0.15) is 37.9 Å². The van der Waals surface area contributed by atoms with Gasteiger partial charge in [0.05, 0.1) is 13.2 Å². The van der Waals surface area contributed by atoms with Crippen molar-refractivity contribution in [3.05, 3.63) is 59.7 Å². The molecule has 24 heavy (non-hydrogen) atoms. The molecule has 0 fully saturated rings. The number of hydrogen-bond donors (Lipinski definition) is 1. The summed E-state index contributed by atoms with van der Waals surface area (Å²) in [5.74, 6) is 1.16. The first kappa shape index (κ1) is 17.9. The fourth-order valence-corrected chi connectivity index (χ4v) is 2.39. The lowest BCUT2D eigenvalue weighted by molar-refractivity contribution is -0.127. The molecule has 0 saturated carbocycles. The Balaban J connectivity index is 1.94. The van der Waals surface area contributed by atoms with E-state index < -0.39 is 6.10 Å². The Morgan fingerprint density at radius 3 is 2.38 bits per heavy atom. The number of nitrogens with one attached hydrogen (secondary N) is 1. The SMILES string of the molecule is CCc1ccc([C@H](C)NC(=O)[C@H](C)Oc2cccc(OC)c2)cc1. The Hall–Kier alpha value is -2.49. The average Bonchev–Trinajstić information content (AvgIpc) is 2.61. The molecule has 0 bridgehead atoms. The van der Waals surface area contributed by atoms with Crippen LogP contribution in [0, 0.1) is 0 Å². The van der Waals surface area contributed by atoms with Crippen molar-refractivity contribution in [2.75, 3.05) is 7.11 Å². The lowest BCUT2D eigenvalue weighted by Crippen LogP contribution is -2.37. The standard InChI is InChI=1S/C20H25NO3/c1-5-16-9-11-17(12-10-16)14(2)21-20(22)15(3)24-19-8-6-7-18(13-19)23-4/h6-15H,5H2,1-4H3,(H,21,22)/t14-,15-/m0/s1. The molecule has 0 heterocycles. The van der Waals surface area contributed by atoms with Gasteiger partial charge in [-0.2, -0.15) is 0 Å². The van der Waals surface area contributed by atoms with Gasteiger partial charge in [-0.05, 0) is 43.5 Å². The van der Waals surface area contributed by atoms with Gasteiger partial charge in [0, 0.05) is 6.07 Å². The van der Waals surface area contributed by atoms with Crippen molar-refractivity contribution in [3.63, 3.8) is 0 Å². The minimum Gasteiger partial charge on any atom is -0.497 e. The van der Waals surface area contributed by atoms with E-state index in [1.165, 1.54) is 5.56 Å². The van der Waals surface area contributed by atoms with Gasteiger partial charge in [0.2, 0.25) is 0 Å². The molecule has 1 amide bonds. The lowest BCUT2D eigenvalue weighted by Gasteiger charge is -2.19. The van der Waals surface area contributed by atoms with E-state index in [4.69, 9.17) is 9.47 Å². The molecule has 2 aromatic rings. The maximum Gasteiger partial charge on any atom is 0.261 e. The number of aryl methyl sites for hydroxylation is 1. The molecular formula is C20H25NO3. The summed E-state index contributed by atoms with van der Waals surface area (Å²) in [5.41, 5.74) is 2.36. The van der Waals surface area contributed by atoms with Gasteiger partial charge in [0.1, 0.15) is 11.5 Å². The summed E-state index contributed by atoms with van der Waals surface area (Å²) in [4.78, 5) is 12.3. The smallest absolute Gasteiger partial charge is 0.261 e. The van der Waals surface area contributed by atoms with E-state index in [-0.39, 0.29) is 11.9 Å². The monoisotopic (exact) mass is 327 g/mol. The second kappa shape index (κ2) is 8.39. The summed E-state index contributed by atoms with van der Waals surface area (Å²) in [6.07, 6.45) is 0.418. The number of rotatable bonds is 7. The first-order valence-corrected chi connectivity index (χ1v) is 8.23. The van der Waals surface area contributed by atoms with Crippen LogP contribution < -0.4 is 14.8 Å². The third-order valence-corrected chi connectivity index (χ3v) is 3.97. The van der Waals surface area contributed by atoms with E-state index in [0.29, 0.717) is 11.5 Å². The second-order valence-corrected chi connectivity index (χ2v) is 5.76. The molecule has 2 rings (SSSR count). The average molecular weight is 327 g/mol. The molecule has 0 unspecified atom stereocenters. The van der Waals surface area contributed by atoms with Crippen LogP contribution in [0.2, 0.25) is 0 Å². The number of hydrogen-bond acceptors (Lipinski definition) is 3. The molecule has 4 heteroatoms. The Morgan fingerprint density at radius 2 is 1.75 bits per heavy atom. The van der Waals surface area contributed by atoms with Crippen molar-refractivity contribution in [3.8, 4) is 11.5 Å². The summed E-state index contributed by atoms with van der Waals surface area (Å²) in [7, 11) is 1.60. The molecule has 4 nitrogen and oxygen atoms in total. The summed E-state index contributed by atoms with van der Waals surface area (Å²) < 4.78 is 10.9. The van der Waals surface area contributed by atoms with E-state index in [1.807, 2.05) is 19.1 Å². The fourth-order valence-electron chi connectivity index (χ4n) is 2.39. The van der Waals surface area contributed by atoms with E-state index in [0.717, 1.165) is 12.0 Å². The Bertz CT molecular complexity index is 667. The van der Waals surface area contributed by atoms with Gasteiger partial charge in [0.15, 0.2) is 6.10 Å². The number of methoxy groups -OCH3 is 1. The topological polar surface area (TPSA) is 47.6 Å². The van der Waals surface area contributed by atoms with Gasteiger partial charge in [-0.1, -0.05) is 37.3 Å². The molecule has 0 aliphatic rings. The summed E-state index contributed by atoms with van der Waals surface area (Å²) in [6.45, 7) is 5.83. The molecular weight excluding hydrogens is 302 g/mol. The van der Waals surface area contributed by atoms with Crippen molar-refractivity contribution in [1.29, 1.82) is 0 Å². The first-order chi connectivity index (χ1) is 11.5. The van der Waals surface area contributed by atoms with Crippen molar-refractivity contribution in [2.24, 2.45) is 0 Å². The van der Waals surface area contributed by atoms with Crippen molar-refractivity contribution in [2.45, 2.75) is 39.3 Å². The molecule has 128 valence electrons. The third kappa shape index (κ3) is 4.75. The molecule has 2 aromatic carbocycles. The summed E-state index contributed by atoms with van der Waals surface area (Å²) in [5, 5.41) is 2.99. The molecule has 1 N–H and O–H groups in total. The predicted molar refractivity (Wildman–Crippen MR) is 95.5 cm³/mol. The number of carbonyl (C=O) groups is 1. The zero-order chi connectivity index (χ0) is 17.5. The minimum atomic E-state index is -0.588. The molecule has 0 aliphatic heterocycles. The van der Waals surface area contributed by atoms with Gasteiger partial charge in [0.25, 0.3) is 5.91 Å². The Labute approximate surface area is 143 Å².